The molecule has 1 N–H and O–H groups in total. The number of nitrogens with zero attached hydrogens (tertiary/aromatic N) is 2. The maximum Gasteiger partial charge on any atom is 0.135 e. The van der Waals surface area contributed by atoms with Crippen LogP contribution in [0.15, 0.2) is 6.20 Å². The fourth-order valence-electron chi connectivity index (χ4n) is 1.10. The molecule has 0 saturated heterocycles. The summed E-state index contributed by atoms with van der Waals surface area (Å²) in [6.45, 7) is 3.90. The van der Waals surface area contributed by atoms with Gasteiger partial charge in [0.2, 0.25) is 0 Å². The number of hydrogen-bond acceptors (Lipinski definition) is 3. The second kappa shape index (κ2) is 5.36. The molecule has 0 fully saturated rings. The summed E-state index contributed by atoms with van der Waals surface area (Å²) in [6, 6.07) is 0. The second-order valence-electron chi connectivity index (χ2n) is 2.82. The minimum absolute atomic E-state index is 0.138. The van der Waals surface area contributed by atoms with Gasteiger partial charge in [0.05, 0.1) is 11.4 Å². The molecule has 1 heterocycles. The first-order valence-electron chi connectivity index (χ1n) is 4.76. The van der Waals surface area contributed by atoms with E-state index in [1.165, 1.54) is 0 Å². The van der Waals surface area contributed by atoms with Crippen molar-refractivity contribution in [2.75, 3.05) is 6.61 Å². The standard InChI is InChI=1S/C11H14N2O/c1-3-9-8-12-10(4-2)11(13-9)6-5-7-14/h8,14H,3-4,7H2,1-2H3. The van der Waals surface area contributed by atoms with Gasteiger partial charge in [0, 0.05) is 6.20 Å². The molecule has 0 aromatic carbocycles. The Hall–Kier alpha value is -1.40. The van der Waals surface area contributed by atoms with Gasteiger partial charge in [-0.3, -0.25) is 4.98 Å². The van der Waals surface area contributed by atoms with E-state index in [4.69, 9.17) is 5.11 Å². The molecule has 0 unspecified atom stereocenters. The Kier molecular flexibility index (Phi) is 4.09. The molecular formula is C11H14N2O. The number of aliphatic hydroxyl groups is 1. The summed E-state index contributed by atoms with van der Waals surface area (Å²) in [4.78, 5) is 8.63. The molecule has 0 spiro atoms. The molecule has 1 rings (SSSR count). The fraction of sp³-hybridized carbons (Fsp3) is 0.455. The number of aliphatic hydroxyl groups excluding tert-OH is 1. The van der Waals surface area contributed by atoms with Crippen molar-refractivity contribution in [3.63, 3.8) is 0 Å². The van der Waals surface area contributed by atoms with Crippen molar-refractivity contribution in [3.8, 4) is 11.8 Å². The lowest BCUT2D eigenvalue weighted by atomic mass is 10.2. The lowest BCUT2D eigenvalue weighted by molar-refractivity contribution is 0.350. The SMILES string of the molecule is CCc1cnc(CC)c(C#CCO)n1. The van der Waals surface area contributed by atoms with Crippen LogP contribution in [0, 0.1) is 11.8 Å². The summed E-state index contributed by atoms with van der Waals surface area (Å²) < 4.78 is 0. The van der Waals surface area contributed by atoms with Gasteiger partial charge < -0.3 is 5.11 Å². The van der Waals surface area contributed by atoms with Gasteiger partial charge in [-0.25, -0.2) is 4.98 Å². The molecule has 3 heteroatoms. The molecule has 74 valence electrons. The van der Waals surface area contributed by atoms with E-state index in [1.54, 1.807) is 6.20 Å². The fourth-order valence-corrected chi connectivity index (χ4v) is 1.10. The topological polar surface area (TPSA) is 46.0 Å². The maximum absolute atomic E-state index is 8.60. The summed E-state index contributed by atoms with van der Waals surface area (Å²) in [7, 11) is 0. The highest BCUT2D eigenvalue weighted by atomic mass is 16.2. The molecule has 1 aromatic rings. The van der Waals surface area contributed by atoms with Gasteiger partial charge in [0.1, 0.15) is 12.3 Å². The van der Waals surface area contributed by atoms with Gasteiger partial charge in [-0.05, 0) is 18.8 Å². The zero-order valence-corrected chi connectivity index (χ0v) is 8.54. The Bertz CT molecular complexity index is 363. The Morgan fingerprint density at radius 3 is 2.71 bits per heavy atom. The molecule has 1 aromatic heterocycles. The predicted octanol–water partition coefficient (Wildman–Crippen LogP) is 0.945. The highest BCUT2D eigenvalue weighted by molar-refractivity contribution is 5.32. The Labute approximate surface area is 84.2 Å². The molecule has 0 aliphatic heterocycles. The Morgan fingerprint density at radius 1 is 1.36 bits per heavy atom. The number of aryl methyl sites for hydroxylation is 2. The average molecular weight is 190 g/mol. The monoisotopic (exact) mass is 190 g/mol. The normalized spacial score (nSPS) is 9.36. The Morgan fingerprint density at radius 2 is 2.14 bits per heavy atom. The van der Waals surface area contributed by atoms with Crippen molar-refractivity contribution in [1.82, 2.24) is 9.97 Å². The van der Waals surface area contributed by atoms with Crippen molar-refractivity contribution >= 4 is 0 Å². The van der Waals surface area contributed by atoms with Crippen LogP contribution in [0.4, 0.5) is 0 Å². The van der Waals surface area contributed by atoms with Crippen LogP contribution in [0.25, 0.3) is 0 Å². The van der Waals surface area contributed by atoms with E-state index in [1.807, 2.05) is 13.8 Å². The number of rotatable bonds is 2. The molecule has 0 amide bonds. The van der Waals surface area contributed by atoms with E-state index < -0.39 is 0 Å². The molecule has 0 saturated carbocycles. The van der Waals surface area contributed by atoms with Crippen LogP contribution in [0.3, 0.4) is 0 Å². The maximum atomic E-state index is 8.60. The van der Waals surface area contributed by atoms with Gasteiger partial charge >= 0.3 is 0 Å². The van der Waals surface area contributed by atoms with E-state index in [-0.39, 0.29) is 6.61 Å². The van der Waals surface area contributed by atoms with Crippen molar-refractivity contribution in [2.45, 2.75) is 26.7 Å². The van der Waals surface area contributed by atoms with Gasteiger partial charge in [0.25, 0.3) is 0 Å². The predicted molar refractivity (Wildman–Crippen MR) is 54.8 cm³/mol. The van der Waals surface area contributed by atoms with E-state index in [0.29, 0.717) is 5.69 Å². The lowest BCUT2D eigenvalue weighted by Gasteiger charge is -2.01. The van der Waals surface area contributed by atoms with Crippen LogP contribution >= 0.6 is 0 Å². The van der Waals surface area contributed by atoms with Crippen LogP contribution in [-0.4, -0.2) is 21.7 Å². The molecular weight excluding hydrogens is 176 g/mol. The molecule has 3 nitrogen and oxygen atoms in total. The van der Waals surface area contributed by atoms with Crippen LogP contribution in [0.2, 0.25) is 0 Å². The second-order valence-corrected chi connectivity index (χ2v) is 2.82. The van der Waals surface area contributed by atoms with E-state index in [2.05, 4.69) is 21.8 Å². The lowest BCUT2D eigenvalue weighted by Crippen LogP contribution is -2.00. The highest BCUT2D eigenvalue weighted by Gasteiger charge is 2.01. The number of hydrogen-bond donors (Lipinski definition) is 1. The summed E-state index contributed by atoms with van der Waals surface area (Å²) in [6.07, 6.45) is 3.44. The van der Waals surface area contributed by atoms with Crippen LogP contribution in [0.5, 0.6) is 0 Å². The van der Waals surface area contributed by atoms with Crippen molar-refractivity contribution in [1.29, 1.82) is 0 Å². The molecule has 0 radical (unpaired) electrons. The number of aromatic nitrogens is 2. The summed E-state index contributed by atoms with van der Waals surface area (Å²) in [5.41, 5.74) is 2.52. The third-order valence-corrected chi connectivity index (χ3v) is 1.88. The smallest absolute Gasteiger partial charge is 0.135 e. The molecule has 14 heavy (non-hydrogen) atoms. The van der Waals surface area contributed by atoms with Crippen LogP contribution < -0.4 is 0 Å². The highest BCUT2D eigenvalue weighted by Crippen LogP contribution is 2.04. The Balaban J connectivity index is 3.08. The van der Waals surface area contributed by atoms with E-state index in [0.717, 1.165) is 24.2 Å². The minimum Gasteiger partial charge on any atom is -0.384 e. The van der Waals surface area contributed by atoms with Gasteiger partial charge in [-0.1, -0.05) is 19.8 Å². The molecule has 0 bridgehead atoms. The zero-order chi connectivity index (χ0) is 10.4. The zero-order valence-electron chi connectivity index (χ0n) is 8.54. The van der Waals surface area contributed by atoms with Crippen molar-refractivity contribution in [3.05, 3.63) is 23.3 Å². The summed E-state index contributed by atoms with van der Waals surface area (Å²) in [5.74, 6) is 5.41. The van der Waals surface area contributed by atoms with Crippen molar-refractivity contribution < 1.29 is 5.11 Å². The summed E-state index contributed by atoms with van der Waals surface area (Å²) >= 11 is 0. The largest absolute Gasteiger partial charge is 0.384 e. The van der Waals surface area contributed by atoms with Gasteiger partial charge in [-0.15, -0.1) is 0 Å². The first-order chi connectivity index (χ1) is 6.81. The molecule has 0 atom stereocenters. The van der Waals surface area contributed by atoms with E-state index >= 15 is 0 Å². The van der Waals surface area contributed by atoms with Crippen LogP contribution in [0.1, 0.15) is 30.9 Å². The quantitative estimate of drug-likeness (QED) is 0.706. The van der Waals surface area contributed by atoms with Gasteiger partial charge in [0.15, 0.2) is 0 Å². The third kappa shape index (κ3) is 2.54. The molecule has 0 aliphatic rings. The summed E-state index contributed by atoms with van der Waals surface area (Å²) in [5, 5.41) is 8.60. The average Bonchev–Trinajstić information content (AvgIpc) is 2.25. The van der Waals surface area contributed by atoms with Crippen molar-refractivity contribution in [2.24, 2.45) is 0 Å². The third-order valence-electron chi connectivity index (χ3n) is 1.88. The first kappa shape index (κ1) is 10.7. The van der Waals surface area contributed by atoms with Gasteiger partial charge in [-0.2, -0.15) is 0 Å². The van der Waals surface area contributed by atoms with Crippen LogP contribution in [-0.2, 0) is 12.8 Å². The minimum atomic E-state index is -0.138. The van der Waals surface area contributed by atoms with E-state index in [9.17, 15) is 0 Å². The first-order valence-corrected chi connectivity index (χ1v) is 4.76. The molecule has 0 aliphatic carbocycles.